The highest BCUT2D eigenvalue weighted by Gasteiger charge is 2.26. The van der Waals surface area contributed by atoms with Crippen LogP contribution in [0.2, 0.25) is 0 Å². The number of fused-ring (bicyclic) bond motifs is 1. The molecule has 4 heterocycles. The Labute approximate surface area is 140 Å². The third kappa shape index (κ3) is 3.19. The summed E-state index contributed by atoms with van der Waals surface area (Å²) < 4.78 is 13.6. The lowest BCUT2D eigenvalue weighted by molar-refractivity contribution is 0.119. The van der Waals surface area contributed by atoms with Gasteiger partial charge in [0.1, 0.15) is 18.1 Å². The van der Waals surface area contributed by atoms with Gasteiger partial charge in [-0.15, -0.1) is 0 Å². The number of aryl methyl sites for hydroxylation is 1. The molecule has 0 bridgehead atoms. The average molecular weight is 324 g/mol. The molecule has 3 aromatic heterocycles. The fraction of sp³-hybridized carbons (Fsp3) is 0.333. The molecule has 1 aliphatic heterocycles. The van der Waals surface area contributed by atoms with Crippen molar-refractivity contribution < 1.29 is 9.15 Å². The molecule has 1 atom stereocenters. The first-order valence-electron chi connectivity index (χ1n) is 8.12. The minimum Gasteiger partial charge on any atom is -0.475 e. The number of furan rings is 1. The van der Waals surface area contributed by atoms with Crippen molar-refractivity contribution in [1.82, 2.24) is 19.7 Å². The van der Waals surface area contributed by atoms with Gasteiger partial charge in [0.15, 0.2) is 0 Å². The Balaban J connectivity index is 1.46. The second-order valence-electron chi connectivity index (χ2n) is 6.08. The van der Waals surface area contributed by atoms with Crippen LogP contribution in [0.1, 0.15) is 23.3 Å². The van der Waals surface area contributed by atoms with Crippen LogP contribution in [0.4, 0.5) is 0 Å². The van der Waals surface area contributed by atoms with Crippen molar-refractivity contribution in [2.24, 2.45) is 0 Å². The topological polar surface area (TPSA) is 56.3 Å². The lowest BCUT2D eigenvalue weighted by atomic mass is 10.2. The minimum atomic E-state index is 0.154. The highest BCUT2D eigenvalue weighted by atomic mass is 16.5. The molecule has 0 amide bonds. The van der Waals surface area contributed by atoms with Crippen LogP contribution < -0.4 is 4.74 Å². The molecule has 0 unspecified atom stereocenters. The van der Waals surface area contributed by atoms with Gasteiger partial charge in [-0.3, -0.25) is 9.58 Å². The molecule has 0 aliphatic carbocycles. The summed E-state index contributed by atoms with van der Waals surface area (Å²) in [6.07, 6.45) is 3.59. The summed E-state index contributed by atoms with van der Waals surface area (Å²) in [6, 6.07) is 11.9. The van der Waals surface area contributed by atoms with E-state index in [2.05, 4.69) is 25.7 Å². The van der Waals surface area contributed by atoms with Gasteiger partial charge in [-0.25, -0.2) is 4.98 Å². The molecule has 3 aromatic rings. The zero-order valence-corrected chi connectivity index (χ0v) is 13.6. The largest absolute Gasteiger partial charge is 0.475 e. The first-order valence-corrected chi connectivity index (χ1v) is 8.12. The van der Waals surface area contributed by atoms with Crippen molar-refractivity contribution >= 4 is 0 Å². The molecule has 0 N–H and O–H groups in total. The summed E-state index contributed by atoms with van der Waals surface area (Å²) in [4.78, 5) is 6.58. The first-order chi connectivity index (χ1) is 11.8. The Morgan fingerprint density at radius 2 is 2.17 bits per heavy atom. The molecule has 4 rings (SSSR count). The van der Waals surface area contributed by atoms with Crippen molar-refractivity contribution in [2.75, 3.05) is 13.2 Å². The van der Waals surface area contributed by atoms with Crippen LogP contribution in [0, 0.1) is 6.92 Å². The fourth-order valence-electron chi connectivity index (χ4n) is 3.11. The van der Waals surface area contributed by atoms with Gasteiger partial charge >= 0.3 is 0 Å². The van der Waals surface area contributed by atoms with Gasteiger partial charge in [0.2, 0.25) is 5.88 Å². The van der Waals surface area contributed by atoms with Crippen LogP contribution in [0.3, 0.4) is 0 Å². The third-order valence-electron chi connectivity index (χ3n) is 4.19. The Morgan fingerprint density at radius 3 is 2.96 bits per heavy atom. The van der Waals surface area contributed by atoms with Gasteiger partial charge < -0.3 is 9.15 Å². The summed E-state index contributed by atoms with van der Waals surface area (Å²) in [5.74, 6) is 2.58. The van der Waals surface area contributed by atoms with E-state index in [-0.39, 0.29) is 6.04 Å². The molecule has 0 saturated carbocycles. The van der Waals surface area contributed by atoms with E-state index in [0.29, 0.717) is 12.5 Å². The molecule has 0 radical (unpaired) electrons. The number of hydrogen-bond acceptors (Lipinski definition) is 5. The second-order valence-corrected chi connectivity index (χ2v) is 6.08. The van der Waals surface area contributed by atoms with E-state index in [0.717, 1.165) is 31.2 Å². The molecular formula is C18H20N4O2. The smallest absolute Gasteiger partial charge is 0.213 e. The summed E-state index contributed by atoms with van der Waals surface area (Å²) in [5.41, 5.74) is 1.19. The average Bonchev–Trinajstić information content (AvgIpc) is 3.22. The zero-order chi connectivity index (χ0) is 16.4. The van der Waals surface area contributed by atoms with E-state index < -0.39 is 0 Å². The maximum absolute atomic E-state index is 5.85. The van der Waals surface area contributed by atoms with E-state index in [1.165, 1.54) is 5.69 Å². The van der Waals surface area contributed by atoms with Gasteiger partial charge in [0.25, 0.3) is 0 Å². The van der Waals surface area contributed by atoms with Crippen LogP contribution in [-0.4, -0.2) is 32.8 Å². The lowest BCUT2D eigenvalue weighted by Crippen LogP contribution is -2.39. The van der Waals surface area contributed by atoms with E-state index in [4.69, 9.17) is 9.15 Å². The first kappa shape index (κ1) is 15.0. The number of hydrogen-bond donors (Lipinski definition) is 0. The van der Waals surface area contributed by atoms with Crippen molar-refractivity contribution in [3.05, 3.63) is 66.0 Å². The predicted octanol–water partition coefficient (Wildman–Crippen LogP) is 2.82. The molecular weight excluding hydrogens is 304 g/mol. The Hall–Kier alpha value is -2.60. The van der Waals surface area contributed by atoms with Gasteiger partial charge in [-0.2, -0.15) is 5.10 Å². The lowest BCUT2D eigenvalue weighted by Gasteiger charge is -2.33. The number of pyridine rings is 1. The molecule has 0 saturated heterocycles. The van der Waals surface area contributed by atoms with Crippen molar-refractivity contribution in [3.63, 3.8) is 0 Å². The summed E-state index contributed by atoms with van der Waals surface area (Å²) >= 11 is 0. The van der Waals surface area contributed by atoms with Crippen molar-refractivity contribution in [3.8, 4) is 5.88 Å². The maximum Gasteiger partial charge on any atom is 0.213 e. The normalized spacial score (nSPS) is 17.6. The highest BCUT2D eigenvalue weighted by molar-refractivity contribution is 5.11. The fourth-order valence-corrected chi connectivity index (χ4v) is 3.11. The molecule has 124 valence electrons. The number of aromatic nitrogens is 3. The number of ether oxygens (including phenoxy) is 1. The van der Waals surface area contributed by atoms with E-state index >= 15 is 0 Å². The number of rotatable bonds is 5. The van der Waals surface area contributed by atoms with Crippen LogP contribution in [-0.2, 0) is 13.1 Å². The molecule has 6 nitrogen and oxygen atoms in total. The predicted molar refractivity (Wildman–Crippen MR) is 88.6 cm³/mol. The van der Waals surface area contributed by atoms with Crippen molar-refractivity contribution in [1.29, 1.82) is 0 Å². The summed E-state index contributed by atoms with van der Waals surface area (Å²) in [6.45, 7) is 5.03. The minimum absolute atomic E-state index is 0.154. The quantitative estimate of drug-likeness (QED) is 0.722. The molecule has 0 aromatic carbocycles. The zero-order valence-electron chi connectivity index (χ0n) is 13.6. The number of nitrogens with zero attached hydrogens (tertiary/aromatic N) is 4. The van der Waals surface area contributed by atoms with Gasteiger partial charge in [0.05, 0.1) is 18.3 Å². The van der Waals surface area contributed by atoms with Crippen LogP contribution in [0.15, 0.2) is 53.2 Å². The SMILES string of the molecule is Cc1ccc(CN2Cc3ccnn3[C@@H](COc3ccccn3)C2)o1. The molecule has 0 fully saturated rings. The van der Waals surface area contributed by atoms with Gasteiger partial charge in [0, 0.05) is 31.5 Å². The maximum atomic E-state index is 5.85. The summed E-state index contributed by atoms with van der Waals surface area (Å²) in [7, 11) is 0. The van der Waals surface area contributed by atoms with E-state index in [1.54, 1.807) is 6.20 Å². The Bertz CT molecular complexity index is 796. The van der Waals surface area contributed by atoms with Crippen LogP contribution in [0.5, 0.6) is 5.88 Å². The Morgan fingerprint density at radius 1 is 1.21 bits per heavy atom. The van der Waals surface area contributed by atoms with Gasteiger partial charge in [-0.05, 0) is 31.2 Å². The van der Waals surface area contributed by atoms with Gasteiger partial charge in [-0.1, -0.05) is 6.07 Å². The summed E-state index contributed by atoms with van der Waals surface area (Å²) in [5, 5.41) is 4.46. The van der Waals surface area contributed by atoms with Crippen molar-refractivity contribution in [2.45, 2.75) is 26.1 Å². The van der Waals surface area contributed by atoms with Crippen LogP contribution in [0.25, 0.3) is 0 Å². The van der Waals surface area contributed by atoms with Crippen LogP contribution >= 0.6 is 0 Å². The monoisotopic (exact) mass is 324 g/mol. The molecule has 0 spiro atoms. The third-order valence-corrected chi connectivity index (χ3v) is 4.19. The molecule has 1 aliphatic rings. The highest BCUT2D eigenvalue weighted by Crippen LogP contribution is 2.23. The molecule has 6 heteroatoms. The standard InChI is InChI=1S/C18H20N4O2/c1-14-5-6-17(24-14)12-21-10-15-7-9-20-22(15)16(11-21)13-23-18-4-2-3-8-19-18/h2-9,16H,10-13H2,1H3/t16-/m1/s1. The van der Waals surface area contributed by atoms with E-state index in [1.807, 2.05) is 43.5 Å². The Kier molecular flexibility index (Phi) is 4.04. The van der Waals surface area contributed by atoms with E-state index in [9.17, 15) is 0 Å². The molecule has 24 heavy (non-hydrogen) atoms. The second kappa shape index (κ2) is 6.49.